The third kappa shape index (κ3) is 3.76. The van der Waals surface area contributed by atoms with E-state index in [9.17, 15) is 13.4 Å². The van der Waals surface area contributed by atoms with E-state index < -0.39 is 22.7 Å². The SMILES string of the molecule is CC(=S)NC[C@H]1CN(c2ccc(S(C)=O)c(F)c2)C(=O)O1. The number of cyclic esters (lactones) is 1. The van der Waals surface area contributed by atoms with Crippen LogP contribution in [-0.4, -0.2) is 40.7 Å². The van der Waals surface area contributed by atoms with E-state index in [-0.39, 0.29) is 11.0 Å². The lowest BCUT2D eigenvalue weighted by Gasteiger charge is -2.14. The highest BCUT2D eigenvalue weighted by Gasteiger charge is 2.32. The summed E-state index contributed by atoms with van der Waals surface area (Å²) in [5.74, 6) is -0.600. The van der Waals surface area contributed by atoms with E-state index in [2.05, 4.69) is 5.32 Å². The van der Waals surface area contributed by atoms with E-state index in [0.29, 0.717) is 23.8 Å². The van der Waals surface area contributed by atoms with Gasteiger partial charge in [-0.25, -0.2) is 9.18 Å². The number of carbonyl (C=O) groups excluding carboxylic acids is 1. The third-order valence-corrected chi connectivity index (χ3v) is 4.08. The van der Waals surface area contributed by atoms with E-state index in [1.54, 1.807) is 13.0 Å². The Bertz CT molecular complexity index is 609. The molecule has 5 nitrogen and oxygen atoms in total. The van der Waals surface area contributed by atoms with Crippen molar-refractivity contribution in [1.82, 2.24) is 5.32 Å². The van der Waals surface area contributed by atoms with E-state index >= 15 is 0 Å². The first-order valence-corrected chi connectivity index (χ1v) is 8.20. The lowest BCUT2D eigenvalue weighted by atomic mass is 10.2. The van der Waals surface area contributed by atoms with Crippen LogP contribution in [0.15, 0.2) is 23.1 Å². The maximum absolute atomic E-state index is 13.8. The molecule has 114 valence electrons. The van der Waals surface area contributed by atoms with Gasteiger partial charge in [-0.05, 0) is 25.1 Å². The van der Waals surface area contributed by atoms with Crippen LogP contribution in [0.2, 0.25) is 0 Å². The molecule has 1 aliphatic heterocycles. The summed E-state index contributed by atoms with van der Waals surface area (Å²) in [7, 11) is -1.41. The molecule has 0 aromatic heterocycles. The van der Waals surface area contributed by atoms with Gasteiger partial charge in [0.25, 0.3) is 0 Å². The maximum Gasteiger partial charge on any atom is 0.414 e. The number of nitrogens with zero attached hydrogens (tertiary/aromatic N) is 1. The Labute approximate surface area is 129 Å². The van der Waals surface area contributed by atoms with Crippen molar-refractivity contribution in [3.63, 3.8) is 0 Å². The number of nitrogens with one attached hydrogen (secondary N) is 1. The molecule has 0 bridgehead atoms. The molecule has 0 radical (unpaired) electrons. The summed E-state index contributed by atoms with van der Waals surface area (Å²) in [6, 6.07) is 4.17. The first-order valence-electron chi connectivity index (χ1n) is 6.24. The molecule has 1 aromatic carbocycles. The quantitative estimate of drug-likeness (QED) is 0.854. The predicted molar refractivity (Wildman–Crippen MR) is 82.6 cm³/mol. The molecule has 21 heavy (non-hydrogen) atoms. The summed E-state index contributed by atoms with van der Waals surface area (Å²) in [4.78, 5) is 13.9. The van der Waals surface area contributed by atoms with Gasteiger partial charge in [-0.3, -0.25) is 9.11 Å². The monoisotopic (exact) mass is 330 g/mol. The molecular weight excluding hydrogens is 315 g/mol. The summed E-state index contributed by atoms with van der Waals surface area (Å²) in [5.41, 5.74) is 0.383. The van der Waals surface area contributed by atoms with Crippen LogP contribution in [0.25, 0.3) is 0 Å². The summed E-state index contributed by atoms with van der Waals surface area (Å²) in [6.07, 6.45) is 0.518. The molecule has 0 saturated carbocycles. The molecular formula is C13H15FN2O3S2. The fraction of sp³-hybridized carbons (Fsp3) is 0.385. The molecule has 1 unspecified atom stereocenters. The Morgan fingerprint density at radius 2 is 2.33 bits per heavy atom. The van der Waals surface area contributed by atoms with Gasteiger partial charge >= 0.3 is 6.09 Å². The standard InChI is InChI=1S/C13H15FN2O3S2/c1-8(20)15-6-10-7-16(13(17)19-10)9-3-4-12(21(2)18)11(14)5-9/h3-5,10H,6-7H2,1-2H3,(H,15,20)/t10-,21?/m0/s1. The van der Waals surface area contributed by atoms with Crippen LogP contribution < -0.4 is 10.2 Å². The zero-order chi connectivity index (χ0) is 15.6. The maximum atomic E-state index is 13.8. The highest BCUT2D eigenvalue weighted by molar-refractivity contribution is 7.84. The first kappa shape index (κ1) is 15.8. The molecule has 1 aliphatic rings. The van der Waals surface area contributed by atoms with Crippen LogP contribution in [0.3, 0.4) is 0 Å². The minimum atomic E-state index is -1.41. The number of thiocarbonyl (C=S) groups is 1. The van der Waals surface area contributed by atoms with Crippen LogP contribution in [0, 0.1) is 5.82 Å². The minimum Gasteiger partial charge on any atom is -0.442 e. The van der Waals surface area contributed by atoms with Gasteiger partial charge in [0.1, 0.15) is 11.9 Å². The topological polar surface area (TPSA) is 58.6 Å². The Morgan fingerprint density at radius 1 is 1.62 bits per heavy atom. The molecule has 0 aliphatic carbocycles. The minimum absolute atomic E-state index is 0.112. The summed E-state index contributed by atoms with van der Waals surface area (Å²) < 4.78 is 30.3. The fourth-order valence-corrected chi connectivity index (χ4v) is 2.66. The average Bonchev–Trinajstić information content (AvgIpc) is 2.77. The number of hydrogen-bond acceptors (Lipinski definition) is 4. The Balaban J connectivity index is 2.12. The lowest BCUT2D eigenvalue weighted by molar-refractivity contribution is 0.143. The molecule has 1 saturated heterocycles. The second-order valence-electron chi connectivity index (χ2n) is 4.62. The molecule has 1 fully saturated rings. The fourth-order valence-electron chi connectivity index (χ4n) is 1.99. The van der Waals surface area contributed by atoms with Crippen molar-refractivity contribution in [2.75, 3.05) is 24.2 Å². The van der Waals surface area contributed by atoms with E-state index in [4.69, 9.17) is 17.0 Å². The molecule has 1 aromatic rings. The summed E-state index contributed by atoms with van der Waals surface area (Å²) >= 11 is 4.89. The van der Waals surface area contributed by atoms with E-state index in [1.807, 2.05) is 0 Å². The van der Waals surface area contributed by atoms with Crippen molar-refractivity contribution >= 4 is 39.8 Å². The number of carbonyl (C=O) groups is 1. The van der Waals surface area contributed by atoms with Gasteiger partial charge in [0.15, 0.2) is 0 Å². The van der Waals surface area contributed by atoms with Crippen molar-refractivity contribution in [3.8, 4) is 0 Å². The van der Waals surface area contributed by atoms with Gasteiger partial charge in [0.2, 0.25) is 0 Å². The number of rotatable bonds is 4. The molecule has 8 heteroatoms. The Kier molecular flexibility index (Phi) is 4.89. The largest absolute Gasteiger partial charge is 0.442 e. The molecule has 2 atom stereocenters. The van der Waals surface area contributed by atoms with Crippen LogP contribution in [0.5, 0.6) is 0 Å². The Morgan fingerprint density at radius 3 is 2.90 bits per heavy atom. The number of ether oxygens (including phenoxy) is 1. The second-order valence-corrected chi connectivity index (χ2v) is 6.58. The van der Waals surface area contributed by atoms with Gasteiger partial charge in [-0.1, -0.05) is 12.2 Å². The highest BCUT2D eigenvalue weighted by atomic mass is 32.2. The van der Waals surface area contributed by atoms with Gasteiger partial charge in [0, 0.05) is 6.26 Å². The van der Waals surface area contributed by atoms with Gasteiger partial charge in [-0.2, -0.15) is 0 Å². The third-order valence-electron chi connectivity index (χ3n) is 2.99. The zero-order valence-corrected chi connectivity index (χ0v) is 13.2. The summed E-state index contributed by atoms with van der Waals surface area (Å²) in [5, 5.41) is 2.93. The molecule has 0 spiro atoms. The van der Waals surface area contributed by atoms with Crippen molar-refractivity contribution in [2.24, 2.45) is 0 Å². The lowest BCUT2D eigenvalue weighted by Crippen LogP contribution is -2.32. The van der Waals surface area contributed by atoms with Crippen molar-refractivity contribution in [2.45, 2.75) is 17.9 Å². The zero-order valence-electron chi connectivity index (χ0n) is 11.6. The highest BCUT2D eigenvalue weighted by Crippen LogP contribution is 2.24. The van der Waals surface area contributed by atoms with Crippen LogP contribution in [-0.2, 0) is 15.5 Å². The van der Waals surface area contributed by atoms with Crippen molar-refractivity contribution < 1.29 is 18.1 Å². The van der Waals surface area contributed by atoms with E-state index in [0.717, 1.165) is 0 Å². The van der Waals surface area contributed by atoms with Crippen molar-refractivity contribution in [3.05, 3.63) is 24.0 Å². The van der Waals surface area contributed by atoms with E-state index in [1.165, 1.54) is 23.3 Å². The predicted octanol–water partition coefficient (Wildman–Crippen LogP) is 1.83. The van der Waals surface area contributed by atoms with Gasteiger partial charge in [0.05, 0.1) is 39.5 Å². The first-order chi connectivity index (χ1) is 9.88. The van der Waals surface area contributed by atoms with Crippen molar-refractivity contribution in [1.29, 1.82) is 0 Å². The number of halogens is 1. The smallest absolute Gasteiger partial charge is 0.414 e. The number of amides is 1. The molecule has 1 N–H and O–H groups in total. The van der Waals surface area contributed by atoms with Crippen LogP contribution in [0.4, 0.5) is 14.9 Å². The van der Waals surface area contributed by atoms with Gasteiger partial charge in [-0.15, -0.1) is 0 Å². The average molecular weight is 330 g/mol. The number of anilines is 1. The van der Waals surface area contributed by atoms with Gasteiger partial charge < -0.3 is 10.1 Å². The normalized spacial score (nSPS) is 19.3. The molecule has 1 amide bonds. The molecule has 1 heterocycles. The van der Waals surface area contributed by atoms with Crippen LogP contribution in [0.1, 0.15) is 6.92 Å². The summed E-state index contributed by atoms with van der Waals surface area (Å²) in [6.45, 7) is 2.46. The number of benzene rings is 1. The molecule has 2 rings (SSSR count). The van der Waals surface area contributed by atoms with Crippen LogP contribution >= 0.6 is 12.2 Å². The Hall–Kier alpha value is -1.54. The second kappa shape index (κ2) is 6.48. The number of hydrogen-bond donors (Lipinski definition) is 1.